The summed E-state index contributed by atoms with van der Waals surface area (Å²) in [5.74, 6) is -0.939. The lowest BCUT2D eigenvalue weighted by Gasteiger charge is -2.15. The minimum atomic E-state index is -4.79. The number of hydrogen-bond acceptors (Lipinski definition) is 6. The number of benzene rings is 2. The molecule has 0 fully saturated rings. The van der Waals surface area contributed by atoms with Gasteiger partial charge in [0.25, 0.3) is 5.56 Å². The van der Waals surface area contributed by atoms with Crippen LogP contribution in [0.2, 0.25) is 0 Å². The lowest BCUT2D eigenvalue weighted by Crippen LogP contribution is -2.35. The molecule has 2 atom stereocenters. The molecule has 0 bridgehead atoms. The largest absolute Gasteiger partial charge is 0.573 e. The maximum atomic E-state index is 12.7. The van der Waals surface area contributed by atoms with E-state index in [9.17, 15) is 27.0 Å². The van der Waals surface area contributed by atoms with E-state index in [-0.39, 0.29) is 16.7 Å². The maximum absolute atomic E-state index is 12.7. The molecule has 31 heavy (non-hydrogen) atoms. The van der Waals surface area contributed by atoms with E-state index in [1.54, 1.807) is 25.1 Å². The van der Waals surface area contributed by atoms with Gasteiger partial charge in [-0.15, -0.1) is 18.3 Å². The van der Waals surface area contributed by atoms with Crippen LogP contribution in [-0.2, 0) is 22.1 Å². The molecular formula is C19H17F3N4O4S. The number of aromatic nitrogens is 3. The fourth-order valence-electron chi connectivity index (χ4n) is 2.90. The molecule has 0 saturated carbocycles. The summed E-state index contributed by atoms with van der Waals surface area (Å²) in [4.78, 5) is 25.4. The Hall–Kier alpha value is -3.28. The Morgan fingerprint density at radius 3 is 2.52 bits per heavy atom. The molecule has 3 aromatic rings. The van der Waals surface area contributed by atoms with Crippen molar-refractivity contribution in [2.75, 3.05) is 6.26 Å². The van der Waals surface area contributed by atoms with E-state index in [0.717, 1.165) is 16.8 Å². The maximum Gasteiger partial charge on any atom is 0.573 e. The van der Waals surface area contributed by atoms with Gasteiger partial charge in [-0.1, -0.05) is 23.4 Å². The van der Waals surface area contributed by atoms with Crippen LogP contribution in [-0.4, -0.2) is 37.7 Å². The molecule has 1 heterocycles. The molecule has 8 nitrogen and oxygen atoms in total. The first-order valence-corrected chi connectivity index (χ1v) is 10.5. The van der Waals surface area contributed by atoms with Crippen LogP contribution in [0.25, 0.3) is 10.9 Å². The minimum absolute atomic E-state index is 0.124. The van der Waals surface area contributed by atoms with Crippen molar-refractivity contribution in [2.24, 2.45) is 0 Å². The van der Waals surface area contributed by atoms with E-state index < -0.39 is 41.2 Å². The van der Waals surface area contributed by atoms with Crippen LogP contribution in [0.15, 0.2) is 52.2 Å². The summed E-state index contributed by atoms with van der Waals surface area (Å²) in [6.07, 6.45) is -3.36. The van der Waals surface area contributed by atoms with Gasteiger partial charge in [-0.2, -0.15) is 0 Å². The van der Waals surface area contributed by atoms with Crippen LogP contribution < -0.4 is 15.6 Å². The summed E-state index contributed by atoms with van der Waals surface area (Å²) in [6.45, 7) is 1.19. The molecule has 3 rings (SSSR count). The van der Waals surface area contributed by atoms with E-state index in [2.05, 4.69) is 20.4 Å². The molecular weight excluding hydrogens is 437 g/mol. The number of nitrogens with one attached hydrogen (secondary N) is 1. The summed E-state index contributed by atoms with van der Waals surface area (Å²) in [5, 5.41) is 10.4. The number of ether oxygens (including phenoxy) is 1. The first-order chi connectivity index (χ1) is 14.5. The van der Waals surface area contributed by atoms with Crippen molar-refractivity contribution < 1.29 is 26.9 Å². The minimum Gasteiger partial charge on any atom is -0.406 e. The molecule has 1 N–H and O–H groups in total. The number of carbonyl (C=O) groups excluding carboxylic acids is 1. The molecule has 1 amide bonds. The zero-order chi connectivity index (χ0) is 22.8. The van der Waals surface area contributed by atoms with Gasteiger partial charge in [-0.25, -0.2) is 4.68 Å². The standard InChI is InChI=1S/C19H17F3N4O4S/c1-11(12-6-8-13(9-7-12)30-19(20,21)22)23-16(27)10-26-18(28)17-14(24-25-26)4-3-5-15(17)31(2)29/h3-9,11H,10H2,1-2H3,(H,23,27)/t11-,31?/m0/s1. The Balaban J connectivity index is 1.74. The number of fused-ring (bicyclic) bond motifs is 1. The van der Waals surface area contributed by atoms with Crippen molar-refractivity contribution in [3.63, 3.8) is 0 Å². The number of nitrogens with zero attached hydrogens (tertiary/aromatic N) is 3. The van der Waals surface area contributed by atoms with Gasteiger partial charge in [-0.05, 0) is 36.8 Å². The monoisotopic (exact) mass is 454 g/mol. The van der Waals surface area contributed by atoms with Crippen molar-refractivity contribution in [1.82, 2.24) is 20.3 Å². The fraction of sp³-hybridized carbons (Fsp3) is 0.263. The highest BCUT2D eigenvalue weighted by Gasteiger charge is 2.31. The van der Waals surface area contributed by atoms with Gasteiger partial charge in [0.15, 0.2) is 0 Å². The lowest BCUT2D eigenvalue weighted by atomic mass is 10.1. The Morgan fingerprint density at radius 1 is 1.23 bits per heavy atom. The molecule has 1 unspecified atom stereocenters. The molecule has 0 saturated heterocycles. The van der Waals surface area contributed by atoms with Crippen LogP contribution >= 0.6 is 0 Å². The zero-order valence-corrected chi connectivity index (χ0v) is 17.2. The molecule has 1 aromatic heterocycles. The fourth-order valence-corrected chi connectivity index (χ4v) is 3.65. The van der Waals surface area contributed by atoms with E-state index in [0.29, 0.717) is 10.5 Å². The summed E-state index contributed by atoms with van der Waals surface area (Å²) >= 11 is 0. The molecule has 0 aliphatic carbocycles. The predicted molar refractivity (Wildman–Crippen MR) is 106 cm³/mol. The number of alkyl halides is 3. The molecule has 0 radical (unpaired) electrons. The highest BCUT2D eigenvalue weighted by molar-refractivity contribution is 7.84. The topological polar surface area (TPSA) is 103 Å². The number of carbonyl (C=O) groups is 1. The molecule has 0 spiro atoms. The average Bonchev–Trinajstić information content (AvgIpc) is 2.69. The van der Waals surface area contributed by atoms with Gasteiger partial charge < -0.3 is 10.1 Å². The van der Waals surface area contributed by atoms with Gasteiger partial charge in [-0.3, -0.25) is 13.8 Å². The molecule has 2 aromatic carbocycles. The van der Waals surface area contributed by atoms with Crippen molar-refractivity contribution >= 4 is 27.6 Å². The smallest absolute Gasteiger partial charge is 0.406 e. The van der Waals surface area contributed by atoms with Gasteiger partial charge in [0.2, 0.25) is 5.91 Å². The van der Waals surface area contributed by atoms with Gasteiger partial charge >= 0.3 is 6.36 Å². The van der Waals surface area contributed by atoms with Crippen molar-refractivity contribution in [2.45, 2.75) is 30.8 Å². The SMILES string of the molecule is C[C@H](NC(=O)Cn1nnc2cccc(S(C)=O)c2c1=O)c1ccc(OC(F)(F)F)cc1. The summed E-state index contributed by atoms with van der Waals surface area (Å²) in [5.41, 5.74) is 0.194. The third kappa shape index (κ3) is 5.45. The highest BCUT2D eigenvalue weighted by Crippen LogP contribution is 2.24. The molecule has 0 aliphatic rings. The first-order valence-electron chi connectivity index (χ1n) is 8.90. The predicted octanol–water partition coefficient (Wildman–Crippen LogP) is 2.30. The van der Waals surface area contributed by atoms with Gasteiger partial charge in [0.05, 0.1) is 27.1 Å². The number of hydrogen-bond donors (Lipinski definition) is 1. The van der Waals surface area contributed by atoms with Crippen molar-refractivity contribution in [3.05, 3.63) is 58.4 Å². The van der Waals surface area contributed by atoms with Gasteiger partial charge in [0, 0.05) is 6.26 Å². The summed E-state index contributed by atoms with van der Waals surface area (Å²) < 4.78 is 53.3. The second-order valence-electron chi connectivity index (χ2n) is 6.56. The second-order valence-corrected chi connectivity index (χ2v) is 7.91. The van der Waals surface area contributed by atoms with Crippen molar-refractivity contribution in [3.8, 4) is 5.75 Å². The summed E-state index contributed by atoms with van der Waals surface area (Å²) in [7, 11) is -1.44. The highest BCUT2D eigenvalue weighted by atomic mass is 32.2. The normalized spacial score (nSPS) is 13.6. The van der Waals surface area contributed by atoms with Crippen molar-refractivity contribution in [1.29, 1.82) is 0 Å². The summed E-state index contributed by atoms with van der Waals surface area (Å²) in [6, 6.07) is 9.19. The number of halogens is 3. The average molecular weight is 454 g/mol. The lowest BCUT2D eigenvalue weighted by molar-refractivity contribution is -0.274. The molecule has 164 valence electrons. The second kappa shape index (κ2) is 8.84. The Morgan fingerprint density at radius 2 is 1.90 bits per heavy atom. The third-order valence-electron chi connectivity index (χ3n) is 4.31. The van der Waals surface area contributed by atoms with Crippen LogP contribution in [0.4, 0.5) is 13.2 Å². The van der Waals surface area contributed by atoms with E-state index >= 15 is 0 Å². The Bertz CT molecular complexity index is 1200. The number of amides is 1. The van der Waals surface area contributed by atoms with E-state index in [4.69, 9.17) is 0 Å². The first kappa shape index (κ1) is 22.4. The van der Waals surface area contributed by atoms with Crippen LogP contribution in [0.1, 0.15) is 18.5 Å². The molecule has 0 aliphatic heterocycles. The van der Waals surface area contributed by atoms with Crippen LogP contribution in [0.3, 0.4) is 0 Å². The number of rotatable bonds is 6. The molecule has 12 heteroatoms. The quantitative estimate of drug-likeness (QED) is 0.613. The Kier molecular flexibility index (Phi) is 6.39. The zero-order valence-electron chi connectivity index (χ0n) is 16.3. The van der Waals surface area contributed by atoms with Crippen LogP contribution in [0.5, 0.6) is 5.75 Å². The van der Waals surface area contributed by atoms with Gasteiger partial charge in [0.1, 0.15) is 17.8 Å². The van der Waals surface area contributed by atoms with Crippen LogP contribution in [0, 0.1) is 0 Å². The van der Waals surface area contributed by atoms with E-state index in [1.165, 1.54) is 18.4 Å². The Labute approximate surface area is 176 Å². The third-order valence-corrected chi connectivity index (χ3v) is 5.27. The van der Waals surface area contributed by atoms with E-state index in [1.807, 2.05) is 0 Å².